The highest BCUT2D eigenvalue weighted by Crippen LogP contribution is 2.31. The summed E-state index contributed by atoms with van der Waals surface area (Å²) in [6.07, 6.45) is 1.00. The van der Waals surface area contributed by atoms with Crippen LogP contribution in [0.5, 0.6) is 5.75 Å². The van der Waals surface area contributed by atoms with E-state index >= 15 is 0 Å². The van der Waals surface area contributed by atoms with E-state index in [4.69, 9.17) is 4.74 Å². The number of hydrogen-bond acceptors (Lipinski definition) is 3. The highest BCUT2D eigenvalue weighted by atomic mass is 16.5. The number of rotatable bonds is 2. The number of hydrogen-bond donors (Lipinski definition) is 0. The number of fused-ring (bicyclic) bond motifs is 1. The van der Waals surface area contributed by atoms with Crippen molar-refractivity contribution in [3.8, 4) is 5.75 Å². The quantitative estimate of drug-likeness (QED) is 0.781. The van der Waals surface area contributed by atoms with E-state index in [1.807, 2.05) is 47.2 Å². The van der Waals surface area contributed by atoms with Gasteiger partial charge in [-0.1, -0.05) is 35.9 Å². The van der Waals surface area contributed by atoms with Crippen molar-refractivity contribution in [1.82, 2.24) is 0 Å². The fourth-order valence-electron chi connectivity index (χ4n) is 2.37. The molecule has 2 aromatic rings. The fraction of sp³-hybridized carbons (Fsp3) is 0.176. The molecule has 100 valence electrons. The predicted octanol–water partition coefficient (Wildman–Crippen LogP) is 3.11. The first kappa shape index (κ1) is 12.5. The molecule has 0 fully saturated rings. The summed E-state index contributed by atoms with van der Waals surface area (Å²) in [7, 11) is 0. The van der Waals surface area contributed by atoms with Gasteiger partial charge in [0.1, 0.15) is 11.7 Å². The van der Waals surface area contributed by atoms with E-state index in [0.717, 1.165) is 17.0 Å². The molecule has 0 saturated heterocycles. The van der Waals surface area contributed by atoms with Crippen LogP contribution < -0.4 is 9.64 Å². The third kappa shape index (κ3) is 2.31. The Morgan fingerprint density at radius 1 is 1.20 bits per heavy atom. The highest BCUT2D eigenvalue weighted by molar-refractivity contribution is 5.56. The average molecular weight is 265 g/mol. The number of para-hydroxylation sites is 1. The maximum absolute atomic E-state index is 10.7. The smallest absolute Gasteiger partial charge is 0.202 e. The molecule has 0 aromatic heterocycles. The number of aryl methyl sites for hydroxylation is 1. The molecular formula is C17H15NO2. The summed E-state index contributed by atoms with van der Waals surface area (Å²) in [5.41, 5.74) is 3.35. The summed E-state index contributed by atoms with van der Waals surface area (Å²) in [4.78, 5) is 12.8. The molecule has 3 heteroatoms. The van der Waals surface area contributed by atoms with Gasteiger partial charge in [-0.3, -0.25) is 0 Å². The lowest BCUT2D eigenvalue weighted by atomic mass is 10.1. The summed E-state index contributed by atoms with van der Waals surface area (Å²) < 4.78 is 5.88. The topological polar surface area (TPSA) is 29.5 Å². The van der Waals surface area contributed by atoms with Gasteiger partial charge < -0.3 is 9.64 Å². The Labute approximate surface area is 118 Å². The SMILES string of the molecule is Cc1ccc(N2Cc3ccccc3OC2C=C=O)cc1. The molecule has 1 heterocycles. The van der Waals surface area contributed by atoms with Gasteiger partial charge in [0.2, 0.25) is 6.23 Å². The Bertz CT molecular complexity index is 657. The fourth-order valence-corrected chi connectivity index (χ4v) is 2.37. The molecule has 3 rings (SSSR count). The van der Waals surface area contributed by atoms with Crippen LogP contribution in [-0.4, -0.2) is 12.2 Å². The second-order valence-corrected chi connectivity index (χ2v) is 4.86. The maximum atomic E-state index is 10.7. The summed E-state index contributed by atoms with van der Waals surface area (Å²) in [6, 6.07) is 16.1. The molecular weight excluding hydrogens is 250 g/mol. The van der Waals surface area contributed by atoms with Crippen LogP contribution in [0.2, 0.25) is 0 Å². The monoisotopic (exact) mass is 265 g/mol. The minimum absolute atomic E-state index is 0.412. The van der Waals surface area contributed by atoms with Crippen molar-refractivity contribution in [2.45, 2.75) is 19.7 Å². The van der Waals surface area contributed by atoms with Crippen molar-refractivity contribution in [2.75, 3.05) is 4.90 Å². The van der Waals surface area contributed by atoms with Gasteiger partial charge in [0.25, 0.3) is 0 Å². The van der Waals surface area contributed by atoms with Crippen molar-refractivity contribution >= 4 is 11.6 Å². The van der Waals surface area contributed by atoms with Crippen molar-refractivity contribution in [3.63, 3.8) is 0 Å². The molecule has 0 saturated carbocycles. The first-order valence-electron chi connectivity index (χ1n) is 6.57. The van der Waals surface area contributed by atoms with Crippen molar-refractivity contribution in [1.29, 1.82) is 0 Å². The molecule has 1 unspecified atom stereocenters. The van der Waals surface area contributed by atoms with E-state index in [1.165, 1.54) is 11.6 Å². The van der Waals surface area contributed by atoms with Gasteiger partial charge in [0.15, 0.2) is 0 Å². The summed E-state index contributed by atoms with van der Waals surface area (Å²) in [5, 5.41) is 0. The zero-order valence-electron chi connectivity index (χ0n) is 11.2. The minimum atomic E-state index is -0.412. The Morgan fingerprint density at radius 2 is 1.95 bits per heavy atom. The molecule has 1 atom stereocenters. The van der Waals surface area contributed by atoms with Crippen LogP contribution >= 0.6 is 0 Å². The van der Waals surface area contributed by atoms with Crippen LogP contribution in [0.4, 0.5) is 5.69 Å². The van der Waals surface area contributed by atoms with Crippen LogP contribution in [0, 0.1) is 6.92 Å². The van der Waals surface area contributed by atoms with E-state index in [1.54, 1.807) is 0 Å². The van der Waals surface area contributed by atoms with Crippen LogP contribution in [-0.2, 0) is 11.3 Å². The van der Waals surface area contributed by atoms with E-state index in [-0.39, 0.29) is 0 Å². The number of ether oxygens (including phenoxy) is 1. The second-order valence-electron chi connectivity index (χ2n) is 4.86. The first-order chi connectivity index (χ1) is 9.78. The molecule has 3 nitrogen and oxygen atoms in total. The van der Waals surface area contributed by atoms with Gasteiger partial charge in [0.05, 0.1) is 12.6 Å². The zero-order valence-corrected chi connectivity index (χ0v) is 11.2. The molecule has 0 aliphatic carbocycles. The largest absolute Gasteiger partial charge is 0.466 e. The zero-order chi connectivity index (χ0) is 13.9. The van der Waals surface area contributed by atoms with E-state index in [2.05, 4.69) is 19.1 Å². The lowest BCUT2D eigenvalue weighted by Crippen LogP contribution is -2.41. The summed E-state index contributed by atoms with van der Waals surface area (Å²) >= 11 is 0. The Kier molecular flexibility index (Phi) is 3.28. The van der Waals surface area contributed by atoms with Crippen LogP contribution in [0.25, 0.3) is 0 Å². The van der Waals surface area contributed by atoms with Crippen LogP contribution in [0.3, 0.4) is 0 Å². The highest BCUT2D eigenvalue weighted by Gasteiger charge is 2.25. The lowest BCUT2D eigenvalue weighted by Gasteiger charge is -2.36. The normalized spacial score (nSPS) is 16.9. The second kappa shape index (κ2) is 5.24. The van der Waals surface area contributed by atoms with Gasteiger partial charge in [0, 0.05) is 11.3 Å². The van der Waals surface area contributed by atoms with Crippen molar-refractivity contribution < 1.29 is 9.53 Å². The Hall–Kier alpha value is -2.51. The summed E-state index contributed by atoms with van der Waals surface area (Å²) in [5.74, 6) is 2.66. The molecule has 0 amide bonds. The minimum Gasteiger partial charge on any atom is -0.466 e. The predicted molar refractivity (Wildman–Crippen MR) is 78.5 cm³/mol. The molecule has 20 heavy (non-hydrogen) atoms. The van der Waals surface area contributed by atoms with E-state index in [9.17, 15) is 4.79 Å². The average Bonchev–Trinajstić information content (AvgIpc) is 2.48. The molecule has 2 aromatic carbocycles. The molecule has 0 bridgehead atoms. The van der Waals surface area contributed by atoms with E-state index < -0.39 is 6.23 Å². The van der Waals surface area contributed by atoms with Gasteiger partial charge in [-0.2, -0.15) is 0 Å². The number of anilines is 1. The molecule has 1 aliphatic rings. The van der Waals surface area contributed by atoms with Crippen molar-refractivity contribution in [3.05, 3.63) is 65.7 Å². The van der Waals surface area contributed by atoms with Gasteiger partial charge in [-0.25, -0.2) is 4.79 Å². The lowest BCUT2D eigenvalue weighted by molar-refractivity contribution is 0.221. The standard InChI is InChI=1S/C17H15NO2/c1-13-6-8-15(9-7-13)18-12-14-4-2-3-5-16(14)20-17(18)10-11-19/h2-10,17H,12H2,1H3. The van der Waals surface area contributed by atoms with Crippen molar-refractivity contribution in [2.24, 2.45) is 0 Å². The number of benzene rings is 2. The Morgan fingerprint density at radius 3 is 2.70 bits per heavy atom. The third-order valence-electron chi connectivity index (χ3n) is 3.44. The molecule has 0 N–H and O–H groups in total. The summed E-state index contributed by atoms with van der Waals surface area (Å²) in [6.45, 7) is 2.76. The maximum Gasteiger partial charge on any atom is 0.202 e. The first-order valence-corrected chi connectivity index (χ1v) is 6.57. The van der Waals surface area contributed by atoms with Gasteiger partial charge in [-0.15, -0.1) is 0 Å². The van der Waals surface area contributed by atoms with Crippen LogP contribution in [0.1, 0.15) is 11.1 Å². The molecule has 0 spiro atoms. The van der Waals surface area contributed by atoms with Gasteiger partial charge in [-0.05, 0) is 25.1 Å². The molecule has 1 aliphatic heterocycles. The molecule has 0 radical (unpaired) electrons. The Balaban J connectivity index is 1.99. The van der Waals surface area contributed by atoms with E-state index in [0.29, 0.717) is 6.54 Å². The third-order valence-corrected chi connectivity index (χ3v) is 3.44. The van der Waals surface area contributed by atoms with Gasteiger partial charge >= 0.3 is 0 Å². The van der Waals surface area contributed by atoms with Crippen LogP contribution in [0.15, 0.2) is 54.6 Å². The number of carbonyl (C=O) groups excluding carboxylic acids is 1. The number of nitrogens with zero attached hydrogens (tertiary/aromatic N) is 1.